The SMILES string of the molecule is C[C@@H](O)Cn1ncc(-c2onc(-c3c(F)cccc3Cl)c2-c2ncccn2)c1C(F)(F)F. The Morgan fingerprint density at radius 2 is 1.88 bits per heavy atom. The predicted molar refractivity (Wildman–Crippen MR) is 106 cm³/mol. The van der Waals surface area contributed by atoms with Crippen molar-refractivity contribution < 1.29 is 27.2 Å². The Morgan fingerprint density at radius 1 is 1.16 bits per heavy atom. The van der Waals surface area contributed by atoms with E-state index in [4.69, 9.17) is 16.1 Å². The van der Waals surface area contributed by atoms with E-state index < -0.39 is 35.9 Å². The lowest BCUT2D eigenvalue weighted by Crippen LogP contribution is -2.20. The topological polar surface area (TPSA) is 89.9 Å². The van der Waals surface area contributed by atoms with Crippen molar-refractivity contribution in [2.24, 2.45) is 0 Å². The molecule has 3 heterocycles. The van der Waals surface area contributed by atoms with Gasteiger partial charge in [-0.05, 0) is 25.1 Å². The minimum Gasteiger partial charge on any atom is -0.391 e. The second-order valence-electron chi connectivity index (χ2n) is 6.84. The zero-order chi connectivity index (χ0) is 23.0. The van der Waals surface area contributed by atoms with Crippen LogP contribution in [0.5, 0.6) is 0 Å². The van der Waals surface area contributed by atoms with Crippen molar-refractivity contribution in [1.82, 2.24) is 24.9 Å². The van der Waals surface area contributed by atoms with Gasteiger partial charge in [-0.25, -0.2) is 14.4 Å². The van der Waals surface area contributed by atoms with Crippen molar-refractivity contribution in [2.45, 2.75) is 25.7 Å². The molecule has 4 rings (SSSR count). The van der Waals surface area contributed by atoms with Crippen LogP contribution in [0.25, 0.3) is 34.0 Å². The molecule has 4 aromatic rings. The Kier molecular flexibility index (Phi) is 5.70. The highest BCUT2D eigenvalue weighted by Gasteiger charge is 2.41. The molecule has 0 aliphatic heterocycles. The van der Waals surface area contributed by atoms with Crippen LogP contribution < -0.4 is 0 Å². The summed E-state index contributed by atoms with van der Waals surface area (Å²) in [6.45, 7) is 0.920. The van der Waals surface area contributed by atoms with Gasteiger partial charge in [-0.2, -0.15) is 18.3 Å². The molecule has 0 amide bonds. The number of aliphatic hydroxyl groups excluding tert-OH is 1. The molecule has 7 nitrogen and oxygen atoms in total. The molecule has 0 fully saturated rings. The first-order chi connectivity index (χ1) is 15.2. The molecule has 0 saturated carbocycles. The third-order valence-corrected chi connectivity index (χ3v) is 4.79. The normalized spacial score (nSPS) is 12.8. The standard InChI is InChI=1S/C20H14ClF4N5O2/c1-10(31)9-30-18(20(23,24)25)11(8-28-30)17-15(19-26-6-3-7-27-19)16(29-32-17)14-12(21)4-2-5-13(14)22/h2-8,10,31H,9H2,1H3/t10-/m1/s1. The van der Waals surface area contributed by atoms with Gasteiger partial charge in [0.2, 0.25) is 0 Å². The van der Waals surface area contributed by atoms with Gasteiger partial charge in [-0.3, -0.25) is 4.68 Å². The molecule has 0 saturated heterocycles. The molecule has 12 heteroatoms. The lowest BCUT2D eigenvalue weighted by atomic mass is 10.0. The highest BCUT2D eigenvalue weighted by Crippen LogP contribution is 2.45. The third-order valence-electron chi connectivity index (χ3n) is 4.47. The van der Waals surface area contributed by atoms with E-state index in [0.717, 1.165) is 12.3 Å². The van der Waals surface area contributed by atoms with E-state index in [-0.39, 0.29) is 33.4 Å². The molecule has 1 atom stereocenters. The number of alkyl halides is 3. The number of hydrogen-bond donors (Lipinski definition) is 1. The summed E-state index contributed by atoms with van der Waals surface area (Å²) in [5.74, 6) is -1.17. The first-order valence-electron chi connectivity index (χ1n) is 9.21. The van der Waals surface area contributed by atoms with E-state index in [0.29, 0.717) is 4.68 Å². The number of benzene rings is 1. The Bertz CT molecular complexity index is 1230. The number of halogens is 5. The lowest BCUT2D eigenvalue weighted by molar-refractivity contribution is -0.144. The Morgan fingerprint density at radius 3 is 2.50 bits per heavy atom. The minimum absolute atomic E-state index is 0.0251. The van der Waals surface area contributed by atoms with Gasteiger partial charge < -0.3 is 9.63 Å². The van der Waals surface area contributed by atoms with Crippen LogP contribution in [0.1, 0.15) is 12.6 Å². The van der Waals surface area contributed by atoms with Gasteiger partial charge in [0.1, 0.15) is 11.5 Å². The fourth-order valence-corrected chi connectivity index (χ4v) is 3.50. The summed E-state index contributed by atoms with van der Waals surface area (Å²) in [5.41, 5.74) is -2.05. The van der Waals surface area contributed by atoms with E-state index >= 15 is 0 Å². The van der Waals surface area contributed by atoms with E-state index in [1.807, 2.05) is 0 Å². The smallest absolute Gasteiger partial charge is 0.391 e. The fraction of sp³-hybridized carbons (Fsp3) is 0.200. The molecule has 32 heavy (non-hydrogen) atoms. The molecule has 1 N–H and O–H groups in total. The maximum atomic E-state index is 14.6. The van der Waals surface area contributed by atoms with E-state index in [2.05, 4.69) is 20.2 Å². The van der Waals surface area contributed by atoms with Gasteiger partial charge in [0.15, 0.2) is 17.3 Å². The van der Waals surface area contributed by atoms with Crippen molar-refractivity contribution >= 4 is 11.6 Å². The molecule has 166 valence electrons. The van der Waals surface area contributed by atoms with Gasteiger partial charge >= 0.3 is 6.18 Å². The zero-order valence-electron chi connectivity index (χ0n) is 16.3. The Hall–Kier alpha value is -3.31. The van der Waals surface area contributed by atoms with Crippen LogP contribution in [0.3, 0.4) is 0 Å². The average molecular weight is 468 g/mol. The number of aliphatic hydroxyl groups is 1. The summed E-state index contributed by atoms with van der Waals surface area (Å²) < 4.78 is 62.4. The molecule has 0 unspecified atom stereocenters. The maximum absolute atomic E-state index is 14.6. The van der Waals surface area contributed by atoms with Gasteiger partial charge in [-0.1, -0.05) is 22.8 Å². The summed E-state index contributed by atoms with van der Waals surface area (Å²) in [5, 5.41) is 17.1. The second-order valence-corrected chi connectivity index (χ2v) is 7.25. The Balaban J connectivity index is 2.02. The fourth-order valence-electron chi connectivity index (χ4n) is 3.24. The van der Waals surface area contributed by atoms with Crippen LogP contribution in [0, 0.1) is 5.82 Å². The minimum atomic E-state index is -4.85. The van der Waals surface area contributed by atoms with Crippen molar-refractivity contribution in [3.05, 3.63) is 59.4 Å². The summed E-state index contributed by atoms with van der Waals surface area (Å²) in [4.78, 5) is 8.15. The predicted octanol–water partition coefficient (Wildman–Crippen LogP) is 4.85. The van der Waals surface area contributed by atoms with E-state index in [1.54, 1.807) is 0 Å². The van der Waals surface area contributed by atoms with E-state index in [9.17, 15) is 22.7 Å². The molecule has 0 aliphatic carbocycles. The number of aromatic nitrogens is 5. The molecular formula is C20H14ClF4N5O2. The highest BCUT2D eigenvalue weighted by atomic mass is 35.5. The molecular weight excluding hydrogens is 454 g/mol. The van der Waals surface area contributed by atoms with Gasteiger partial charge in [-0.15, -0.1) is 0 Å². The monoisotopic (exact) mass is 467 g/mol. The van der Waals surface area contributed by atoms with E-state index in [1.165, 1.54) is 37.5 Å². The lowest BCUT2D eigenvalue weighted by Gasteiger charge is -2.13. The first-order valence-corrected chi connectivity index (χ1v) is 9.59. The third kappa shape index (κ3) is 3.96. The molecule has 3 aromatic heterocycles. The highest BCUT2D eigenvalue weighted by molar-refractivity contribution is 6.33. The summed E-state index contributed by atoms with van der Waals surface area (Å²) in [7, 11) is 0. The molecule has 0 aliphatic rings. The van der Waals surface area contributed by atoms with Crippen molar-refractivity contribution in [3.8, 4) is 34.0 Å². The van der Waals surface area contributed by atoms with Crippen molar-refractivity contribution in [3.63, 3.8) is 0 Å². The summed E-state index contributed by atoms with van der Waals surface area (Å²) in [6.07, 6.45) is -2.27. The molecule has 1 aromatic carbocycles. The van der Waals surface area contributed by atoms with Crippen LogP contribution in [-0.4, -0.2) is 36.1 Å². The van der Waals surface area contributed by atoms with Crippen molar-refractivity contribution in [2.75, 3.05) is 0 Å². The Labute approximate surface area is 183 Å². The summed E-state index contributed by atoms with van der Waals surface area (Å²) >= 11 is 6.16. The molecule has 0 bridgehead atoms. The largest absolute Gasteiger partial charge is 0.433 e. The van der Waals surface area contributed by atoms with Gasteiger partial charge in [0.25, 0.3) is 0 Å². The molecule has 0 spiro atoms. The number of hydrogen-bond acceptors (Lipinski definition) is 6. The van der Waals surface area contributed by atoms with Crippen LogP contribution in [0.2, 0.25) is 5.02 Å². The second kappa shape index (κ2) is 8.32. The zero-order valence-corrected chi connectivity index (χ0v) is 17.1. The quantitative estimate of drug-likeness (QED) is 0.422. The summed E-state index contributed by atoms with van der Waals surface area (Å²) in [6, 6.07) is 5.43. The van der Waals surface area contributed by atoms with Gasteiger partial charge in [0.05, 0.1) is 40.6 Å². The van der Waals surface area contributed by atoms with Crippen LogP contribution >= 0.6 is 11.6 Å². The van der Waals surface area contributed by atoms with Gasteiger partial charge in [0, 0.05) is 12.4 Å². The number of rotatable bonds is 5. The van der Waals surface area contributed by atoms with Crippen LogP contribution in [-0.2, 0) is 12.7 Å². The number of nitrogens with zero attached hydrogens (tertiary/aromatic N) is 5. The van der Waals surface area contributed by atoms with Crippen LogP contribution in [0.4, 0.5) is 17.6 Å². The average Bonchev–Trinajstić information content (AvgIpc) is 3.32. The first kappa shape index (κ1) is 21.9. The van der Waals surface area contributed by atoms with Crippen LogP contribution in [0.15, 0.2) is 47.4 Å². The maximum Gasteiger partial charge on any atom is 0.433 e. The van der Waals surface area contributed by atoms with Crippen molar-refractivity contribution in [1.29, 1.82) is 0 Å². The molecule has 0 radical (unpaired) electrons.